The number of benzene rings is 2. The summed E-state index contributed by atoms with van der Waals surface area (Å²) in [4.78, 5) is 4.27. The lowest BCUT2D eigenvalue weighted by atomic mass is 10.1. The van der Waals surface area contributed by atoms with Crippen molar-refractivity contribution in [2.75, 3.05) is 0 Å². The van der Waals surface area contributed by atoms with Crippen molar-refractivity contribution < 1.29 is 14.2 Å². The molecule has 1 atom stereocenters. The summed E-state index contributed by atoms with van der Waals surface area (Å²) in [6.07, 6.45) is 0.838. The Morgan fingerprint density at radius 3 is 2.67 bits per heavy atom. The Hall–Kier alpha value is -2.46. The lowest BCUT2D eigenvalue weighted by molar-refractivity contribution is 0.194. The fourth-order valence-corrected chi connectivity index (χ4v) is 2.23. The van der Waals surface area contributed by atoms with Crippen LogP contribution in [0.4, 0.5) is 4.39 Å². The van der Waals surface area contributed by atoms with Crippen molar-refractivity contribution in [1.82, 2.24) is 4.98 Å². The molecule has 0 bridgehead atoms. The van der Waals surface area contributed by atoms with Crippen LogP contribution in [0.3, 0.4) is 0 Å². The predicted octanol–water partition coefficient (Wildman–Crippen LogP) is 4.22. The molecule has 1 heterocycles. The van der Waals surface area contributed by atoms with Crippen LogP contribution in [-0.4, -0.2) is 10.1 Å². The van der Waals surface area contributed by atoms with Crippen LogP contribution in [0.1, 0.15) is 18.6 Å². The summed E-state index contributed by atoms with van der Waals surface area (Å²) in [5.74, 6) is -0.0212. The number of pyridine rings is 1. The summed E-state index contributed by atoms with van der Waals surface area (Å²) in [7, 11) is 0. The van der Waals surface area contributed by atoms with E-state index in [4.69, 9.17) is 4.74 Å². The molecule has 3 rings (SSSR count). The first-order valence-electron chi connectivity index (χ1n) is 6.65. The van der Waals surface area contributed by atoms with Crippen LogP contribution in [0.25, 0.3) is 10.9 Å². The molecule has 0 unspecified atom stereocenters. The molecule has 3 aromatic rings. The smallest absolute Gasteiger partial charge is 0.168 e. The monoisotopic (exact) mass is 283 g/mol. The lowest BCUT2D eigenvalue weighted by Gasteiger charge is -2.14. The Labute approximate surface area is 121 Å². The minimum absolute atomic E-state index is 0.0330. The van der Waals surface area contributed by atoms with E-state index in [1.807, 2.05) is 24.3 Å². The van der Waals surface area contributed by atoms with Gasteiger partial charge in [0.25, 0.3) is 0 Å². The third kappa shape index (κ3) is 2.58. The molecule has 0 amide bonds. The molecule has 0 spiro atoms. The molecular weight excluding hydrogens is 269 g/mol. The van der Waals surface area contributed by atoms with Crippen LogP contribution >= 0.6 is 0 Å². The summed E-state index contributed by atoms with van der Waals surface area (Å²) in [6.45, 7) is 1.57. The summed E-state index contributed by atoms with van der Waals surface area (Å²) >= 11 is 0. The zero-order valence-electron chi connectivity index (χ0n) is 11.5. The van der Waals surface area contributed by atoms with Crippen LogP contribution in [0.15, 0.2) is 54.7 Å². The molecule has 0 fully saturated rings. The number of rotatable bonds is 3. The molecule has 0 aliphatic heterocycles. The molecule has 1 aromatic heterocycles. The summed E-state index contributed by atoms with van der Waals surface area (Å²) in [5, 5.41) is 10.7. The first kappa shape index (κ1) is 13.5. The van der Waals surface area contributed by atoms with Gasteiger partial charge in [-0.25, -0.2) is 4.39 Å². The Kier molecular flexibility index (Phi) is 3.54. The minimum atomic E-state index is -0.821. The molecule has 106 valence electrons. The maximum Gasteiger partial charge on any atom is 0.168 e. The highest BCUT2D eigenvalue weighted by Crippen LogP contribution is 2.34. The molecule has 4 heteroatoms. The molecule has 0 aliphatic rings. The Balaban J connectivity index is 2.11. The van der Waals surface area contributed by atoms with Crippen LogP contribution in [0.5, 0.6) is 11.5 Å². The number of aliphatic hydroxyl groups excluding tert-OH is 1. The van der Waals surface area contributed by atoms with E-state index in [2.05, 4.69) is 4.98 Å². The van der Waals surface area contributed by atoms with Crippen molar-refractivity contribution >= 4 is 10.9 Å². The highest BCUT2D eigenvalue weighted by molar-refractivity contribution is 5.84. The molecule has 0 saturated heterocycles. The Morgan fingerprint density at radius 2 is 1.86 bits per heavy atom. The van der Waals surface area contributed by atoms with E-state index in [0.29, 0.717) is 16.8 Å². The number of halogens is 1. The van der Waals surface area contributed by atoms with E-state index < -0.39 is 11.9 Å². The van der Waals surface area contributed by atoms with Crippen molar-refractivity contribution in [2.45, 2.75) is 13.0 Å². The molecule has 0 aliphatic carbocycles. The normalized spacial score (nSPS) is 12.3. The van der Waals surface area contributed by atoms with E-state index in [0.717, 1.165) is 5.39 Å². The van der Waals surface area contributed by atoms with E-state index in [9.17, 15) is 9.50 Å². The van der Waals surface area contributed by atoms with Gasteiger partial charge in [-0.15, -0.1) is 0 Å². The first-order chi connectivity index (χ1) is 10.2. The first-order valence-corrected chi connectivity index (χ1v) is 6.65. The van der Waals surface area contributed by atoms with Crippen molar-refractivity contribution in [3.05, 3.63) is 66.1 Å². The maximum absolute atomic E-state index is 14.0. The average Bonchev–Trinajstić information content (AvgIpc) is 2.49. The number of aromatic nitrogens is 1. The Bertz CT molecular complexity index is 781. The highest BCUT2D eigenvalue weighted by atomic mass is 19.1. The molecule has 21 heavy (non-hydrogen) atoms. The van der Waals surface area contributed by atoms with Crippen molar-refractivity contribution in [2.24, 2.45) is 0 Å². The van der Waals surface area contributed by atoms with Gasteiger partial charge >= 0.3 is 0 Å². The second-order valence-corrected chi connectivity index (χ2v) is 4.77. The average molecular weight is 283 g/mol. The van der Waals surface area contributed by atoms with E-state index in [1.54, 1.807) is 31.3 Å². The molecule has 3 nitrogen and oxygen atoms in total. The van der Waals surface area contributed by atoms with Crippen LogP contribution in [0.2, 0.25) is 0 Å². The number of aliphatic hydroxyl groups is 1. The summed E-state index contributed by atoms with van der Waals surface area (Å²) < 4.78 is 19.8. The van der Waals surface area contributed by atoms with Gasteiger partial charge < -0.3 is 9.84 Å². The SMILES string of the molecule is C[C@@H](O)c1cccc(F)c1Oc1cccc2cccnc12. The van der Waals surface area contributed by atoms with Gasteiger partial charge in [-0.2, -0.15) is 0 Å². The third-order valence-electron chi connectivity index (χ3n) is 3.26. The lowest BCUT2D eigenvalue weighted by Crippen LogP contribution is -1.99. The fourth-order valence-electron chi connectivity index (χ4n) is 2.23. The van der Waals surface area contributed by atoms with Crippen molar-refractivity contribution in [3.63, 3.8) is 0 Å². The molecule has 0 saturated carbocycles. The fraction of sp³-hybridized carbons (Fsp3) is 0.118. The van der Waals surface area contributed by atoms with Gasteiger partial charge in [0.15, 0.2) is 17.3 Å². The minimum Gasteiger partial charge on any atom is -0.452 e. The van der Waals surface area contributed by atoms with Gasteiger partial charge in [-0.1, -0.05) is 30.3 Å². The number of fused-ring (bicyclic) bond motifs is 1. The topological polar surface area (TPSA) is 42.4 Å². The van der Waals surface area contributed by atoms with Gasteiger partial charge in [-0.3, -0.25) is 4.98 Å². The maximum atomic E-state index is 14.0. The second-order valence-electron chi connectivity index (χ2n) is 4.77. The van der Waals surface area contributed by atoms with Gasteiger partial charge in [-0.05, 0) is 25.1 Å². The third-order valence-corrected chi connectivity index (χ3v) is 3.26. The highest BCUT2D eigenvalue weighted by Gasteiger charge is 2.16. The number of ether oxygens (including phenoxy) is 1. The van der Waals surface area contributed by atoms with Crippen molar-refractivity contribution in [1.29, 1.82) is 0 Å². The molecule has 1 N–H and O–H groups in total. The number of hydrogen-bond donors (Lipinski definition) is 1. The van der Waals surface area contributed by atoms with Crippen LogP contribution < -0.4 is 4.74 Å². The zero-order valence-corrected chi connectivity index (χ0v) is 11.5. The van der Waals surface area contributed by atoms with Gasteiger partial charge in [0.05, 0.1) is 6.10 Å². The largest absolute Gasteiger partial charge is 0.452 e. The molecular formula is C17H14FNO2. The van der Waals surface area contributed by atoms with Gasteiger partial charge in [0.2, 0.25) is 0 Å². The summed E-state index contributed by atoms with van der Waals surface area (Å²) in [5.41, 5.74) is 1.06. The van der Waals surface area contributed by atoms with E-state index >= 15 is 0 Å². The standard InChI is InChI=1S/C17H14FNO2/c1-11(20)13-7-3-8-14(18)17(13)21-15-9-2-5-12-6-4-10-19-16(12)15/h2-11,20H,1H3/t11-/m1/s1. The van der Waals surface area contributed by atoms with Gasteiger partial charge in [0.1, 0.15) is 5.52 Å². The Morgan fingerprint density at radius 1 is 1.10 bits per heavy atom. The summed E-state index contributed by atoms with van der Waals surface area (Å²) in [6, 6.07) is 13.7. The second kappa shape index (κ2) is 5.50. The molecule has 0 radical (unpaired) electrons. The van der Waals surface area contributed by atoms with E-state index in [1.165, 1.54) is 6.07 Å². The van der Waals surface area contributed by atoms with Gasteiger partial charge in [0, 0.05) is 17.1 Å². The molecule has 2 aromatic carbocycles. The number of para-hydroxylation sites is 2. The van der Waals surface area contributed by atoms with E-state index in [-0.39, 0.29) is 5.75 Å². The zero-order chi connectivity index (χ0) is 14.8. The predicted molar refractivity (Wildman–Crippen MR) is 78.9 cm³/mol. The number of nitrogens with zero attached hydrogens (tertiary/aromatic N) is 1. The van der Waals surface area contributed by atoms with Crippen molar-refractivity contribution in [3.8, 4) is 11.5 Å². The van der Waals surface area contributed by atoms with Crippen LogP contribution in [-0.2, 0) is 0 Å². The van der Waals surface area contributed by atoms with Crippen LogP contribution in [0, 0.1) is 5.82 Å². The number of hydrogen-bond acceptors (Lipinski definition) is 3. The quantitative estimate of drug-likeness (QED) is 0.782.